The van der Waals surface area contributed by atoms with E-state index in [9.17, 15) is 18.0 Å². The summed E-state index contributed by atoms with van der Waals surface area (Å²) in [7, 11) is 1.71. The van der Waals surface area contributed by atoms with Crippen LogP contribution < -0.4 is 5.32 Å². The van der Waals surface area contributed by atoms with E-state index in [1.807, 2.05) is 30.3 Å². The van der Waals surface area contributed by atoms with Crippen LogP contribution in [0.15, 0.2) is 65.3 Å². The van der Waals surface area contributed by atoms with Crippen LogP contribution in [-0.4, -0.2) is 30.3 Å². The van der Waals surface area contributed by atoms with Crippen molar-refractivity contribution in [1.29, 1.82) is 0 Å². The first kappa shape index (κ1) is 22.1. The lowest BCUT2D eigenvalue weighted by atomic mass is 10.0. The Morgan fingerprint density at radius 2 is 1.85 bits per heavy atom. The van der Waals surface area contributed by atoms with E-state index in [0.717, 1.165) is 16.8 Å². The van der Waals surface area contributed by atoms with Crippen molar-refractivity contribution in [3.8, 4) is 11.3 Å². The number of fused-ring (bicyclic) bond motifs is 2. The van der Waals surface area contributed by atoms with E-state index in [1.54, 1.807) is 30.1 Å². The third-order valence-electron chi connectivity index (χ3n) is 5.42. The van der Waals surface area contributed by atoms with Crippen molar-refractivity contribution in [1.82, 2.24) is 29.7 Å². The van der Waals surface area contributed by atoms with Gasteiger partial charge in [0, 0.05) is 18.7 Å². The average molecular weight is 529 g/mol. The van der Waals surface area contributed by atoms with Crippen molar-refractivity contribution in [2.24, 2.45) is 7.05 Å². The number of carbonyl (C=O) groups is 1. The SMILES string of the molecule is Cn1ncc(Br)c1CNC(=O)c1cc2nc(-c3ccc4ccccc4c3)cc(C(F)(F)F)n2n1. The molecule has 0 atom stereocenters. The second-order valence-corrected chi connectivity index (χ2v) is 8.49. The van der Waals surface area contributed by atoms with Gasteiger partial charge in [0.15, 0.2) is 17.0 Å². The number of hydrogen-bond donors (Lipinski definition) is 1. The Morgan fingerprint density at radius 1 is 1.09 bits per heavy atom. The molecule has 0 saturated carbocycles. The zero-order chi connectivity index (χ0) is 24.0. The Morgan fingerprint density at radius 3 is 2.56 bits per heavy atom. The van der Waals surface area contributed by atoms with Crippen molar-refractivity contribution < 1.29 is 18.0 Å². The predicted octanol–water partition coefficient (Wildman–Crippen LogP) is 4.99. The van der Waals surface area contributed by atoms with Gasteiger partial charge in [-0.15, -0.1) is 0 Å². The van der Waals surface area contributed by atoms with Crippen LogP contribution in [0.3, 0.4) is 0 Å². The van der Waals surface area contributed by atoms with Gasteiger partial charge < -0.3 is 5.32 Å². The number of alkyl halides is 3. The molecule has 11 heteroatoms. The number of carbonyl (C=O) groups excluding carboxylic acids is 1. The smallest absolute Gasteiger partial charge is 0.345 e. The zero-order valence-electron chi connectivity index (χ0n) is 17.6. The van der Waals surface area contributed by atoms with Gasteiger partial charge in [-0.05, 0) is 38.8 Å². The fraction of sp³-hybridized carbons (Fsp3) is 0.130. The number of rotatable bonds is 4. The third-order valence-corrected chi connectivity index (χ3v) is 6.08. The van der Waals surface area contributed by atoms with Crippen LogP contribution in [0.2, 0.25) is 0 Å². The zero-order valence-corrected chi connectivity index (χ0v) is 19.2. The quantitative estimate of drug-likeness (QED) is 0.356. The van der Waals surface area contributed by atoms with Gasteiger partial charge in [0.05, 0.1) is 28.6 Å². The molecule has 0 fully saturated rings. The van der Waals surface area contributed by atoms with Crippen molar-refractivity contribution in [3.63, 3.8) is 0 Å². The van der Waals surface area contributed by atoms with Gasteiger partial charge in [0.1, 0.15) is 0 Å². The van der Waals surface area contributed by atoms with E-state index in [-0.39, 0.29) is 23.6 Å². The summed E-state index contributed by atoms with van der Waals surface area (Å²) in [5, 5.41) is 12.5. The summed E-state index contributed by atoms with van der Waals surface area (Å²) in [6.07, 6.45) is -3.12. The van der Waals surface area contributed by atoms with Crippen LogP contribution in [0.25, 0.3) is 27.7 Å². The summed E-state index contributed by atoms with van der Waals surface area (Å²) >= 11 is 3.34. The molecule has 0 bridgehead atoms. The maximum Gasteiger partial charge on any atom is 0.433 e. The normalized spacial score (nSPS) is 11.9. The molecule has 3 aromatic heterocycles. The maximum atomic E-state index is 13.9. The minimum Gasteiger partial charge on any atom is -0.345 e. The van der Waals surface area contributed by atoms with Crippen LogP contribution in [0, 0.1) is 0 Å². The number of hydrogen-bond acceptors (Lipinski definition) is 4. The molecule has 0 aliphatic carbocycles. The molecule has 3 heterocycles. The molecule has 5 rings (SSSR count). The lowest BCUT2D eigenvalue weighted by Crippen LogP contribution is -2.25. The average Bonchev–Trinajstić information content (AvgIpc) is 3.38. The molecule has 0 aliphatic heterocycles. The van der Waals surface area contributed by atoms with Gasteiger partial charge in [0.2, 0.25) is 0 Å². The molecule has 1 N–H and O–H groups in total. The van der Waals surface area contributed by atoms with Gasteiger partial charge in [-0.25, -0.2) is 9.50 Å². The van der Waals surface area contributed by atoms with E-state index in [2.05, 4.69) is 36.4 Å². The summed E-state index contributed by atoms with van der Waals surface area (Å²) in [4.78, 5) is 17.0. The Labute approximate surface area is 199 Å². The lowest BCUT2D eigenvalue weighted by molar-refractivity contribution is -0.142. The highest BCUT2D eigenvalue weighted by atomic mass is 79.9. The summed E-state index contributed by atoms with van der Waals surface area (Å²) in [6, 6.07) is 15.1. The minimum atomic E-state index is -4.70. The Balaban J connectivity index is 1.54. The second kappa shape index (κ2) is 8.24. The van der Waals surface area contributed by atoms with E-state index >= 15 is 0 Å². The van der Waals surface area contributed by atoms with Crippen molar-refractivity contribution in [2.45, 2.75) is 12.7 Å². The van der Waals surface area contributed by atoms with Crippen molar-refractivity contribution >= 4 is 38.3 Å². The monoisotopic (exact) mass is 528 g/mol. The van der Waals surface area contributed by atoms with Crippen LogP contribution >= 0.6 is 15.9 Å². The van der Waals surface area contributed by atoms with Gasteiger partial charge in [-0.3, -0.25) is 9.48 Å². The topological polar surface area (TPSA) is 77.1 Å². The minimum absolute atomic E-state index is 0.0788. The number of aryl methyl sites for hydroxylation is 1. The molecule has 0 spiro atoms. The summed E-state index contributed by atoms with van der Waals surface area (Å²) < 4.78 is 44.6. The van der Waals surface area contributed by atoms with E-state index in [1.165, 1.54) is 6.07 Å². The molecular weight excluding hydrogens is 513 g/mol. The standard InChI is InChI=1S/C23H16BrF3N6O/c1-32-19(16(24)11-29-32)12-28-22(34)18-10-21-30-17(9-20(23(25,26)27)33(21)31-18)15-7-6-13-4-2-3-5-14(13)8-15/h2-11H,12H2,1H3,(H,28,34). The van der Waals surface area contributed by atoms with Gasteiger partial charge >= 0.3 is 6.18 Å². The molecule has 2 aromatic carbocycles. The number of nitrogens with zero attached hydrogens (tertiary/aromatic N) is 5. The first-order valence-corrected chi connectivity index (χ1v) is 10.9. The molecule has 0 saturated heterocycles. The first-order chi connectivity index (χ1) is 16.2. The number of amides is 1. The highest BCUT2D eigenvalue weighted by Gasteiger charge is 2.35. The Hall–Kier alpha value is -3.73. The van der Waals surface area contributed by atoms with Crippen LogP contribution in [0.5, 0.6) is 0 Å². The highest BCUT2D eigenvalue weighted by molar-refractivity contribution is 9.10. The summed E-state index contributed by atoms with van der Waals surface area (Å²) in [5.74, 6) is -0.626. The Bertz CT molecular complexity index is 1540. The molecule has 1 amide bonds. The summed E-state index contributed by atoms with van der Waals surface area (Å²) in [6.45, 7) is 0.117. The summed E-state index contributed by atoms with van der Waals surface area (Å²) in [5.41, 5.74) is 0.0897. The van der Waals surface area contributed by atoms with Crippen molar-refractivity contribution in [3.05, 3.63) is 82.3 Å². The molecule has 0 radical (unpaired) electrons. The number of aromatic nitrogens is 5. The van der Waals surface area contributed by atoms with Crippen LogP contribution in [-0.2, 0) is 19.8 Å². The van der Waals surface area contributed by atoms with E-state index < -0.39 is 17.8 Å². The van der Waals surface area contributed by atoms with E-state index in [4.69, 9.17) is 0 Å². The molecule has 34 heavy (non-hydrogen) atoms. The highest BCUT2D eigenvalue weighted by Crippen LogP contribution is 2.33. The van der Waals surface area contributed by atoms with Gasteiger partial charge in [-0.1, -0.05) is 36.4 Å². The lowest BCUT2D eigenvalue weighted by Gasteiger charge is -2.11. The van der Waals surface area contributed by atoms with Gasteiger partial charge in [-0.2, -0.15) is 23.4 Å². The Kier molecular flexibility index (Phi) is 5.35. The van der Waals surface area contributed by atoms with Crippen LogP contribution in [0.4, 0.5) is 13.2 Å². The van der Waals surface area contributed by atoms with Gasteiger partial charge in [0.25, 0.3) is 5.91 Å². The first-order valence-electron chi connectivity index (χ1n) is 10.1. The van der Waals surface area contributed by atoms with Crippen LogP contribution in [0.1, 0.15) is 21.9 Å². The predicted molar refractivity (Wildman–Crippen MR) is 123 cm³/mol. The maximum absolute atomic E-state index is 13.9. The molecule has 0 unspecified atom stereocenters. The molecule has 172 valence electrons. The number of halogens is 4. The molecule has 7 nitrogen and oxygen atoms in total. The van der Waals surface area contributed by atoms with Crippen molar-refractivity contribution in [2.75, 3.05) is 0 Å². The third kappa shape index (κ3) is 4.03. The molecule has 0 aliphatic rings. The number of benzene rings is 2. The second-order valence-electron chi connectivity index (χ2n) is 7.63. The molecular formula is C23H16BrF3N6O. The fourth-order valence-corrected chi connectivity index (χ4v) is 4.16. The molecule has 5 aromatic rings. The fourth-order valence-electron chi connectivity index (χ4n) is 3.67. The number of nitrogens with one attached hydrogen (secondary N) is 1. The van der Waals surface area contributed by atoms with E-state index in [0.29, 0.717) is 20.2 Å². The largest absolute Gasteiger partial charge is 0.433 e.